The van der Waals surface area contributed by atoms with E-state index in [1.807, 2.05) is 54.6 Å². The fourth-order valence-corrected chi connectivity index (χ4v) is 4.12. The number of nitrogens with one attached hydrogen (secondary N) is 1. The van der Waals surface area contributed by atoms with E-state index < -0.39 is 5.97 Å². The number of hydrogen-bond acceptors (Lipinski definition) is 8. The lowest BCUT2D eigenvalue weighted by atomic mass is 10.1. The molecule has 3 heterocycles. The Kier molecular flexibility index (Phi) is 9.78. The van der Waals surface area contributed by atoms with E-state index in [4.69, 9.17) is 4.98 Å². The van der Waals surface area contributed by atoms with Crippen molar-refractivity contribution < 1.29 is 14.7 Å². The molecule has 8 nitrogen and oxygen atoms in total. The highest BCUT2D eigenvalue weighted by Gasteiger charge is 2.11. The van der Waals surface area contributed by atoms with Crippen molar-refractivity contribution in [2.24, 2.45) is 0 Å². The van der Waals surface area contributed by atoms with Crippen LogP contribution in [0, 0.1) is 0 Å². The van der Waals surface area contributed by atoms with E-state index in [0.717, 1.165) is 28.3 Å². The first-order valence-electron chi connectivity index (χ1n) is 12.5. The summed E-state index contributed by atoms with van der Waals surface area (Å²) in [5.41, 5.74) is 5.25. The van der Waals surface area contributed by atoms with E-state index in [2.05, 4.69) is 20.2 Å². The number of carboxylic acids is 1. The SMILES string of the molecule is O=C([O-])Cc1ccc(CC(=O)CNCc2cccc(CN(Cc3ccccn3)Cc3ccccn3)n2)cc1. The number of Topliss-reactive ketones (excluding diaryl/α,β-unsaturated/α-hetero) is 1. The molecule has 0 bridgehead atoms. The molecular weight excluding hydrogens is 478 g/mol. The van der Waals surface area contributed by atoms with Gasteiger partial charge in [-0.05, 0) is 47.5 Å². The number of ketones is 1. The molecule has 0 atom stereocenters. The van der Waals surface area contributed by atoms with Crippen LogP contribution in [0.4, 0.5) is 0 Å². The molecule has 0 aliphatic heterocycles. The lowest BCUT2D eigenvalue weighted by molar-refractivity contribution is -0.304. The standard InChI is InChI=1S/C30H31N5O3/c36-29(16-23-10-12-24(13-11-23)17-30(37)38)19-31-18-25-8-5-9-28(34-25)22-35(20-26-6-1-3-14-32-26)21-27-7-2-4-15-33-27/h1-15,31H,16-22H2,(H,37,38)/p-1. The largest absolute Gasteiger partial charge is 0.550 e. The Balaban J connectivity index is 1.30. The lowest BCUT2D eigenvalue weighted by Crippen LogP contribution is -2.26. The predicted molar refractivity (Wildman–Crippen MR) is 141 cm³/mol. The average molecular weight is 509 g/mol. The fraction of sp³-hybridized carbons (Fsp3) is 0.233. The zero-order valence-corrected chi connectivity index (χ0v) is 21.1. The summed E-state index contributed by atoms with van der Waals surface area (Å²) in [4.78, 5) is 39.1. The number of benzene rings is 1. The van der Waals surface area contributed by atoms with Gasteiger partial charge in [0.25, 0.3) is 0 Å². The molecule has 0 spiro atoms. The topological polar surface area (TPSA) is 111 Å². The summed E-state index contributed by atoms with van der Waals surface area (Å²) < 4.78 is 0. The lowest BCUT2D eigenvalue weighted by Gasteiger charge is -2.21. The van der Waals surface area contributed by atoms with Crippen LogP contribution in [0.5, 0.6) is 0 Å². The molecule has 4 rings (SSSR count). The second-order valence-corrected chi connectivity index (χ2v) is 9.09. The van der Waals surface area contributed by atoms with Crippen molar-refractivity contribution in [1.29, 1.82) is 0 Å². The zero-order chi connectivity index (χ0) is 26.6. The first kappa shape index (κ1) is 26.8. The zero-order valence-electron chi connectivity index (χ0n) is 21.1. The van der Waals surface area contributed by atoms with E-state index in [-0.39, 0.29) is 25.2 Å². The molecular formula is C30H30N5O3-. The summed E-state index contributed by atoms with van der Waals surface area (Å²) in [5.74, 6) is -1.07. The second kappa shape index (κ2) is 13.9. The van der Waals surface area contributed by atoms with Gasteiger partial charge in [0, 0.05) is 57.4 Å². The van der Waals surface area contributed by atoms with Gasteiger partial charge in [0.2, 0.25) is 0 Å². The maximum atomic E-state index is 12.4. The van der Waals surface area contributed by atoms with E-state index in [0.29, 0.717) is 31.7 Å². The van der Waals surface area contributed by atoms with E-state index in [9.17, 15) is 14.7 Å². The van der Waals surface area contributed by atoms with Crippen LogP contribution in [-0.4, -0.2) is 38.1 Å². The van der Waals surface area contributed by atoms with Crippen molar-refractivity contribution in [3.05, 3.63) is 125 Å². The highest BCUT2D eigenvalue weighted by molar-refractivity contribution is 5.82. The minimum atomic E-state index is -1.12. The predicted octanol–water partition coefficient (Wildman–Crippen LogP) is 2.27. The molecule has 0 amide bonds. The fourth-order valence-electron chi connectivity index (χ4n) is 4.12. The second-order valence-electron chi connectivity index (χ2n) is 9.09. The van der Waals surface area contributed by atoms with Crippen LogP contribution in [0.3, 0.4) is 0 Å². The first-order valence-corrected chi connectivity index (χ1v) is 12.5. The molecule has 194 valence electrons. The smallest absolute Gasteiger partial charge is 0.150 e. The number of hydrogen-bond donors (Lipinski definition) is 1. The first-order chi connectivity index (χ1) is 18.5. The third kappa shape index (κ3) is 8.99. The Morgan fingerprint density at radius 2 is 1.24 bits per heavy atom. The molecule has 0 aliphatic rings. The average Bonchev–Trinajstić information content (AvgIpc) is 2.91. The molecule has 0 unspecified atom stereocenters. The maximum Gasteiger partial charge on any atom is 0.150 e. The van der Waals surface area contributed by atoms with Crippen molar-refractivity contribution in [2.75, 3.05) is 6.54 Å². The number of carbonyl (C=O) groups is 2. The molecule has 1 aromatic carbocycles. The number of aromatic nitrogens is 3. The van der Waals surface area contributed by atoms with Crippen molar-refractivity contribution >= 4 is 11.8 Å². The number of pyridine rings is 3. The minimum absolute atomic E-state index is 0.0469. The van der Waals surface area contributed by atoms with Crippen LogP contribution in [0.1, 0.15) is 33.9 Å². The molecule has 0 aliphatic carbocycles. The summed E-state index contributed by atoms with van der Waals surface area (Å²) >= 11 is 0. The highest BCUT2D eigenvalue weighted by Crippen LogP contribution is 2.12. The van der Waals surface area contributed by atoms with Crippen LogP contribution in [0.2, 0.25) is 0 Å². The Morgan fingerprint density at radius 1 is 0.684 bits per heavy atom. The van der Waals surface area contributed by atoms with Gasteiger partial charge >= 0.3 is 0 Å². The Labute approximate surface area is 222 Å². The van der Waals surface area contributed by atoms with E-state index >= 15 is 0 Å². The van der Waals surface area contributed by atoms with Gasteiger partial charge in [0.05, 0.1) is 29.3 Å². The molecule has 1 N–H and O–H groups in total. The van der Waals surface area contributed by atoms with Crippen LogP contribution in [0.25, 0.3) is 0 Å². The molecule has 38 heavy (non-hydrogen) atoms. The number of nitrogens with zero attached hydrogens (tertiary/aromatic N) is 4. The summed E-state index contributed by atoms with van der Waals surface area (Å²) in [6.45, 7) is 2.67. The number of carbonyl (C=O) groups excluding carboxylic acids is 2. The quantitative estimate of drug-likeness (QED) is 0.276. The number of rotatable bonds is 14. The van der Waals surface area contributed by atoms with Gasteiger partial charge in [-0.15, -0.1) is 0 Å². The van der Waals surface area contributed by atoms with Crippen molar-refractivity contribution in [2.45, 2.75) is 39.0 Å². The molecule has 3 aromatic heterocycles. The molecule has 4 aromatic rings. The summed E-state index contributed by atoms with van der Waals surface area (Å²) in [5, 5.41) is 13.9. The van der Waals surface area contributed by atoms with E-state index in [1.165, 1.54) is 0 Å². The van der Waals surface area contributed by atoms with Crippen LogP contribution >= 0.6 is 0 Å². The number of aliphatic carboxylic acids is 1. The summed E-state index contributed by atoms with van der Waals surface area (Å²) in [6, 6.07) is 24.7. The summed E-state index contributed by atoms with van der Waals surface area (Å²) in [6.07, 6.45) is 3.74. The third-order valence-electron chi connectivity index (χ3n) is 5.87. The maximum absolute atomic E-state index is 12.4. The van der Waals surface area contributed by atoms with Crippen molar-refractivity contribution in [1.82, 2.24) is 25.2 Å². The Hall–Kier alpha value is -4.27. The number of carboxylic acid groups (broad SMARTS) is 1. The Morgan fingerprint density at radius 3 is 1.82 bits per heavy atom. The molecule has 0 saturated heterocycles. The normalized spacial score (nSPS) is 11.0. The van der Waals surface area contributed by atoms with Crippen LogP contribution in [-0.2, 0) is 48.6 Å². The minimum Gasteiger partial charge on any atom is -0.550 e. The molecule has 0 saturated carbocycles. The van der Waals surface area contributed by atoms with Gasteiger partial charge in [-0.3, -0.25) is 24.6 Å². The van der Waals surface area contributed by atoms with E-state index in [1.54, 1.807) is 36.7 Å². The van der Waals surface area contributed by atoms with Gasteiger partial charge in [0.1, 0.15) is 0 Å². The van der Waals surface area contributed by atoms with Crippen LogP contribution in [0.15, 0.2) is 91.3 Å². The molecule has 0 radical (unpaired) electrons. The van der Waals surface area contributed by atoms with Gasteiger partial charge < -0.3 is 15.2 Å². The van der Waals surface area contributed by atoms with Gasteiger partial charge in [-0.25, -0.2) is 0 Å². The van der Waals surface area contributed by atoms with Crippen molar-refractivity contribution in [3.8, 4) is 0 Å². The molecule has 8 heteroatoms. The summed E-state index contributed by atoms with van der Waals surface area (Å²) in [7, 11) is 0. The highest BCUT2D eigenvalue weighted by atomic mass is 16.4. The van der Waals surface area contributed by atoms with Gasteiger partial charge in [-0.2, -0.15) is 0 Å². The van der Waals surface area contributed by atoms with Gasteiger partial charge in [0.15, 0.2) is 5.78 Å². The molecule has 0 fully saturated rings. The van der Waals surface area contributed by atoms with Gasteiger partial charge in [-0.1, -0.05) is 42.5 Å². The van der Waals surface area contributed by atoms with Crippen LogP contribution < -0.4 is 10.4 Å². The Bertz CT molecular complexity index is 1270. The third-order valence-corrected chi connectivity index (χ3v) is 5.87. The van der Waals surface area contributed by atoms with Crippen molar-refractivity contribution in [3.63, 3.8) is 0 Å². The monoisotopic (exact) mass is 508 g/mol.